The summed E-state index contributed by atoms with van der Waals surface area (Å²) in [6.07, 6.45) is 0.993. The van der Waals surface area contributed by atoms with E-state index in [-0.39, 0.29) is 0 Å². The molecule has 0 aliphatic carbocycles. The second-order valence-corrected chi connectivity index (χ2v) is 3.48. The maximum Gasteiger partial charge on any atom is 0.0625 e. The first-order valence-corrected chi connectivity index (χ1v) is 5.58. The van der Waals surface area contributed by atoms with Gasteiger partial charge in [0, 0.05) is 26.7 Å². The fourth-order valence-electron chi connectivity index (χ4n) is 1.41. The summed E-state index contributed by atoms with van der Waals surface area (Å²) in [5.74, 6) is 0. The summed E-state index contributed by atoms with van der Waals surface area (Å²) in [5, 5.41) is 7.72. The Morgan fingerprint density at radius 3 is 2.87 bits per heavy atom. The van der Waals surface area contributed by atoms with E-state index < -0.39 is 0 Å². The standard InChI is InChI=1S/C11H21N3O/c1-4-10-8-11(14(3)13-10)9-12-6-7-15-5-2/h8,12H,4-7,9H2,1-3H3. The van der Waals surface area contributed by atoms with Gasteiger partial charge in [-0.25, -0.2) is 0 Å². The molecule has 1 aromatic rings. The van der Waals surface area contributed by atoms with Crippen LogP contribution in [0.1, 0.15) is 25.2 Å². The van der Waals surface area contributed by atoms with Crippen molar-refractivity contribution in [3.8, 4) is 0 Å². The van der Waals surface area contributed by atoms with Crippen molar-refractivity contribution in [2.75, 3.05) is 19.8 Å². The molecule has 0 fully saturated rings. The summed E-state index contributed by atoms with van der Waals surface area (Å²) in [6.45, 7) is 7.43. The van der Waals surface area contributed by atoms with E-state index in [1.165, 1.54) is 5.69 Å². The first-order valence-electron chi connectivity index (χ1n) is 5.58. The second-order valence-electron chi connectivity index (χ2n) is 3.48. The number of ether oxygens (including phenoxy) is 1. The van der Waals surface area contributed by atoms with E-state index in [4.69, 9.17) is 4.74 Å². The minimum Gasteiger partial charge on any atom is -0.380 e. The van der Waals surface area contributed by atoms with Gasteiger partial charge in [-0.3, -0.25) is 4.68 Å². The summed E-state index contributed by atoms with van der Waals surface area (Å²) >= 11 is 0. The van der Waals surface area contributed by atoms with Gasteiger partial charge in [0.15, 0.2) is 0 Å². The van der Waals surface area contributed by atoms with Gasteiger partial charge in [0.2, 0.25) is 0 Å². The van der Waals surface area contributed by atoms with E-state index in [1.807, 2.05) is 18.7 Å². The van der Waals surface area contributed by atoms with Crippen molar-refractivity contribution in [2.24, 2.45) is 7.05 Å². The molecule has 1 aromatic heterocycles. The van der Waals surface area contributed by atoms with E-state index in [0.717, 1.165) is 38.4 Å². The lowest BCUT2D eigenvalue weighted by molar-refractivity contribution is 0.149. The van der Waals surface area contributed by atoms with E-state index in [1.54, 1.807) is 0 Å². The van der Waals surface area contributed by atoms with Crippen LogP contribution < -0.4 is 5.32 Å². The normalized spacial score (nSPS) is 10.9. The van der Waals surface area contributed by atoms with Gasteiger partial charge in [0.25, 0.3) is 0 Å². The van der Waals surface area contributed by atoms with Gasteiger partial charge >= 0.3 is 0 Å². The fourth-order valence-corrected chi connectivity index (χ4v) is 1.41. The molecule has 0 aromatic carbocycles. The van der Waals surface area contributed by atoms with Crippen LogP contribution in [-0.2, 0) is 24.8 Å². The van der Waals surface area contributed by atoms with Crippen molar-refractivity contribution in [2.45, 2.75) is 26.8 Å². The Balaban J connectivity index is 2.27. The maximum atomic E-state index is 5.24. The fraction of sp³-hybridized carbons (Fsp3) is 0.727. The molecule has 0 bridgehead atoms. The largest absolute Gasteiger partial charge is 0.380 e. The summed E-state index contributed by atoms with van der Waals surface area (Å²) in [4.78, 5) is 0. The zero-order chi connectivity index (χ0) is 11.1. The molecule has 0 unspecified atom stereocenters. The third-order valence-corrected chi connectivity index (χ3v) is 2.32. The molecule has 0 aliphatic rings. The van der Waals surface area contributed by atoms with Crippen molar-refractivity contribution in [3.05, 3.63) is 17.5 Å². The summed E-state index contributed by atoms with van der Waals surface area (Å²) in [7, 11) is 1.98. The van der Waals surface area contributed by atoms with E-state index in [9.17, 15) is 0 Å². The smallest absolute Gasteiger partial charge is 0.0625 e. The van der Waals surface area contributed by atoms with Crippen LogP contribution in [0.5, 0.6) is 0 Å². The molecule has 0 saturated heterocycles. The molecular weight excluding hydrogens is 190 g/mol. The molecule has 0 saturated carbocycles. The molecule has 0 radical (unpaired) electrons. The Morgan fingerprint density at radius 1 is 1.47 bits per heavy atom. The SMILES string of the molecule is CCOCCNCc1cc(CC)nn1C. The van der Waals surface area contributed by atoms with E-state index in [0.29, 0.717) is 0 Å². The topological polar surface area (TPSA) is 39.1 Å². The van der Waals surface area contributed by atoms with Gasteiger partial charge in [0.05, 0.1) is 18.0 Å². The second kappa shape index (κ2) is 6.58. The molecule has 0 amide bonds. The Kier molecular flexibility index (Phi) is 5.36. The van der Waals surface area contributed by atoms with Crippen LogP contribution in [0.15, 0.2) is 6.07 Å². The Morgan fingerprint density at radius 2 is 2.27 bits per heavy atom. The van der Waals surface area contributed by atoms with Gasteiger partial charge in [-0.15, -0.1) is 0 Å². The lowest BCUT2D eigenvalue weighted by Gasteiger charge is -2.04. The summed E-state index contributed by atoms with van der Waals surface area (Å²) in [5.41, 5.74) is 2.38. The molecule has 0 spiro atoms. The Hall–Kier alpha value is -0.870. The predicted molar refractivity (Wildman–Crippen MR) is 60.8 cm³/mol. The molecule has 86 valence electrons. The number of nitrogens with one attached hydrogen (secondary N) is 1. The molecule has 4 nitrogen and oxygen atoms in total. The quantitative estimate of drug-likeness (QED) is 0.687. The van der Waals surface area contributed by atoms with Crippen LogP contribution in [0.2, 0.25) is 0 Å². The van der Waals surface area contributed by atoms with E-state index >= 15 is 0 Å². The van der Waals surface area contributed by atoms with Crippen LogP contribution in [-0.4, -0.2) is 29.5 Å². The molecule has 1 N–H and O–H groups in total. The third-order valence-electron chi connectivity index (χ3n) is 2.32. The number of nitrogens with zero attached hydrogens (tertiary/aromatic N) is 2. The zero-order valence-corrected chi connectivity index (χ0v) is 9.92. The summed E-state index contributed by atoms with van der Waals surface area (Å²) < 4.78 is 7.18. The van der Waals surface area contributed by atoms with Crippen LogP contribution >= 0.6 is 0 Å². The van der Waals surface area contributed by atoms with Gasteiger partial charge in [-0.1, -0.05) is 6.92 Å². The zero-order valence-electron chi connectivity index (χ0n) is 9.92. The molecule has 15 heavy (non-hydrogen) atoms. The lowest BCUT2D eigenvalue weighted by Crippen LogP contribution is -2.20. The molecule has 4 heteroatoms. The summed E-state index contributed by atoms with van der Waals surface area (Å²) in [6, 6.07) is 2.15. The Bertz CT molecular complexity index is 283. The Labute approximate surface area is 91.6 Å². The van der Waals surface area contributed by atoms with Gasteiger partial charge in [-0.2, -0.15) is 5.10 Å². The molecule has 1 rings (SSSR count). The number of hydrogen-bond donors (Lipinski definition) is 1. The van der Waals surface area contributed by atoms with Gasteiger partial charge < -0.3 is 10.1 Å². The number of aromatic nitrogens is 2. The highest BCUT2D eigenvalue weighted by Gasteiger charge is 2.02. The van der Waals surface area contributed by atoms with Crippen LogP contribution in [0, 0.1) is 0 Å². The number of rotatable bonds is 7. The maximum absolute atomic E-state index is 5.24. The minimum atomic E-state index is 0.773. The molecule has 1 heterocycles. The average Bonchev–Trinajstić information content (AvgIpc) is 2.59. The number of hydrogen-bond acceptors (Lipinski definition) is 3. The van der Waals surface area contributed by atoms with Crippen LogP contribution in [0.3, 0.4) is 0 Å². The average molecular weight is 211 g/mol. The minimum absolute atomic E-state index is 0.773. The lowest BCUT2D eigenvalue weighted by atomic mass is 10.3. The van der Waals surface area contributed by atoms with Gasteiger partial charge in [-0.05, 0) is 19.4 Å². The highest BCUT2D eigenvalue weighted by molar-refractivity contribution is 5.09. The van der Waals surface area contributed by atoms with Crippen LogP contribution in [0.25, 0.3) is 0 Å². The van der Waals surface area contributed by atoms with E-state index in [2.05, 4.69) is 23.4 Å². The van der Waals surface area contributed by atoms with Crippen molar-refractivity contribution >= 4 is 0 Å². The van der Waals surface area contributed by atoms with Crippen LogP contribution in [0.4, 0.5) is 0 Å². The molecule has 0 atom stereocenters. The monoisotopic (exact) mass is 211 g/mol. The highest BCUT2D eigenvalue weighted by atomic mass is 16.5. The van der Waals surface area contributed by atoms with Gasteiger partial charge in [0.1, 0.15) is 0 Å². The molecular formula is C11H21N3O. The first-order chi connectivity index (χ1) is 7.27. The highest BCUT2D eigenvalue weighted by Crippen LogP contribution is 2.02. The third kappa shape index (κ3) is 4.01. The molecule has 0 aliphatic heterocycles. The van der Waals surface area contributed by atoms with Crippen molar-refractivity contribution < 1.29 is 4.74 Å². The first kappa shape index (κ1) is 12.2. The predicted octanol–water partition coefficient (Wildman–Crippen LogP) is 1.11. The number of aryl methyl sites for hydroxylation is 2. The van der Waals surface area contributed by atoms with Crippen molar-refractivity contribution in [1.82, 2.24) is 15.1 Å². The van der Waals surface area contributed by atoms with Crippen molar-refractivity contribution in [3.63, 3.8) is 0 Å². The van der Waals surface area contributed by atoms with Crippen molar-refractivity contribution in [1.29, 1.82) is 0 Å².